The molecule has 1 fully saturated rings. The summed E-state index contributed by atoms with van der Waals surface area (Å²) >= 11 is 0. The van der Waals surface area contributed by atoms with Gasteiger partial charge >= 0.3 is 0 Å². The van der Waals surface area contributed by atoms with Crippen molar-refractivity contribution in [2.24, 2.45) is 10.9 Å². The van der Waals surface area contributed by atoms with Crippen molar-refractivity contribution in [3.63, 3.8) is 0 Å². The summed E-state index contributed by atoms with van der Waals surface area (Å²) in [4.78, 5) is 6.74. The molecule has 6 heteroatoms. The molecular weight excluding hydrogens is 388 g/mol. The average Bonchev–Trinajstić information content (AvgIpc) is 2.81. The van der Waals surface area contributed by atoms with Gasteiger partial charge in [-0.05, 0) is 48.2 Å². The molecule has 2 aromatic carbocycles. The largest absolute Gasteiger partial charge is 0.493 e. The highest BCUT2D eigenvalue weighted by Gasteiger charge is 2.11. The van der Waals surface area contributed by atoms with Crippen molar-refractivity contribution in [3.8, 4) is 5.75 Å². The van der Waals surface area contributed by atoms with Crippen molar-refractivity contribution in [2.45, 2.75) is 33.4 Å². The van der Waals surface area contributed by atoms with Gasteiger partial charge in [-0.1, -0.05) is 38.1 Å². The van der Waals surface area contributed by atoms with Crippen LogP contribution in [-0.4, -0.2) is 45.9 Å². The number of nitrogens with one attached hydrogen (secondary N) is 2. The zero-order valence-corrected chi connectivity index (χ0v) is 19.2. The zero-order chi connectivity index (χ0) is 22.1. The Bertz CT molecular complexity index is 812. The first-order valence-electron chi connectivity index (χ1n) is 11.2. The highest BCUT2D eigenvalue weighted by Crippen LogP contribution is 2.19. The number of ether oxygens (including phenoxy) is 2. The van der Waals surface area contributed by atoms with Gasteiger partial charge in [0, 0.05) is 32.4 Å². The fraction of sp³-hybridized carbons (Fsp3) is 0.480. The molecule has 0 saturated carbocycles. The van der Waals surface area contributed by atoms with Crippen molar-refractivity contribution in [1.82, 2.24) is 10.6 Å². The van der Waals surface area contributed by atoms with E-state index in [2.05, 4.69) is 77.7 Å². The van der Waals surface area contributed by atoms with Gasteiger partial charge in [-0.3, -0.25) is 4.99 Å². The fourth-order valence-corrected chi connectivity index (χ4v) is 3.43. The molecule has 0 radical (unpaired) electrons. The van der Waals surface area contributed by atoms with Crippen molar-refractivity contribution in [1.29, 1.82) is 0 Å². The Kier molecular flexibility index (Phi) is 8.59. The summed E-state index contributed by atoms with van der Waals surface area (Å²) in [6.45, 7) is 11.4. The molecule has 168 valence electrons. The number of benzene rings is 2. The number of hydrogen-bond acceptors (Lipinski definition) is 4. The summed E-state index contributed by atoms with van der Waals surface area (Å²) in [6, 6.07) is 17.1. The van der Waals surface area contributed by atoms with Gasteiger partial charge in [-0.25, -0.2) is 0 Å². The molecule has 1 atom stereocenters. The number of anilines is 1. The van der Waals surface area contributed by atoms with E-state index >= 15 is 0 Å². The fourth-order valence-electron chi connectivity index (χ4n) is 3.43. The Balaban J connectivity index is 1.48. The van der Waals surface area contributed by atoms with Gasteiger partial charge in [-0.15, -0.1) is 0 Å². The molecule has 0 spiro atoms. The van der Waals surface area contributed by atoms with Crippen molar-refractivity contribution >= 4 is 11.6 Å². The van der Waals surface area contributed by atoms with Crippen LogP contribution in [0, 0.1) is 5.92 Å². The predicted molar refractivity (Wildman–Crippen MR) is 128 cm³/mol. The standard InChI is InChI=1S/C25H36N4O2/c1-19(2)18-31-24-11-7-22(8-12-24)20(3)28-25(26-4)27-17-21-5-9-23(10-6-21)29-13-15-30-16-14-29/h5-12,19-20H,13-18H2,1-4H3,(H2,26,27,28). The summed E-state index contributed by atoms with van der Waals surface area (Å²) in [6.07, 6.45) is 0. The molecule has 1 aliphatic rings. The second-order valence-corrected chi connectivity index (χ2v) is 8.33. The molecule has 1 aliphatic heterocycles. The highest BCUT2D eigenvalue weighted by molar-refractivity contribution is 5.80. The third kappa shape index (κ3) is 7.17. The van der Waals surface area contributed by atoms with Crippen LogP contribution in [0.25, 0.3) is 0 Å². The van der Waals surface area contributed by atoms with Crippen LogP contribution in [0.2, 0.25) is 0 Å². The third-order valence-electron chi connectivity index (χ3n) is 5.31. The number of aliphatic imine (C=N–C) groups is 1. The molecule has 0 aliphatic carbocycles. The predicted octanol–water partition coefficient (Wildman–Crippen LogP) is 3.98. The van der Waals surface area contributed by atoms with E-state index in [4.69, 9.17) is 9.47 Å². The van der Waals surface area contributed by atoms with Gasteiger partial charge in [0.05, 0.1) is 25.9 Å². The lowest BCUT2D eigenvalue weighted by Crippen LogP contribution is -2.38. The van der Waals surface area contributed by atoms with Gasteiger partial charge in [0.25, 0.3) is 0 Å². The molecule has 3 rings (SSSR count). The maximum Gasteiger partial charge on any atom is 0.191 e. The van der Waals surface area contributed by atoms with Crippen molar-refractivity contribution in [3.05, 3.63) is 59.7 Å². The molecular formula is C25H36N4O2. The lowest BCUT2D eigenvalue weighted by atomic mass is 10.1. The average molecular weight is 425 g/mol. The van der Waals surface area contributed by atoms with Gasteiger partial charge in [-0.2, -0.15) is 0 Å². The van der Waals surface area contributed by atoms with Crippen molar-refractivity contribution in [2.75, 3.05) is 44.9 Å². The van der Waals surface area contributed by atoms with E-state index in [1.54, 1.807) is 7.05 Å². The number of guanidine groups is 1. The first-order chi connectivity index (χ1) is 15.0. The lowest BCUT2D eigenvalue weighted by molar-refractivity contribution is 0.122. The quantitative estimate of drug-likeness (QED) is 0.496. The van der Waals surface area contributed by atoms with E-state index in [-0.39, 0.29) is 6.04 Å². The second kappa shape index (κ2) is 11.6. The van der Waals surface area contributed by atoms with Gasteiger partial charge < -0.3 is 25.0 Å². The molecule has 0 bridgehead atoms. The van der Waals surface area contributed by atoms with Crippen LogP contribution in [0.4, 0.5) is 5.69 Å². The molecule has 0 aromatic heterocycles. The smallest absolute Gasteiger partial charge is 0.191 e. The normalized spacial score (nSPS) is 15.6. The summed E-state index contributed by atoms with van der Waals surface area (Å²) in [7, 11) is 1.80. The Labute approximate surface area is 186 Å². The minimum absolute atomic E-state index is 0.133. The van der Waals surface area contributed by atoms with Crippen LogP contribution >= 0.6 is 0 Å². The summed E-state index contributed by atoms with van der Waals surface area (Å²) < 4.78 is 11.2. The molecule has 1 heterocycles. The van der Waals surface area contributed by atoms with Crippen LogP contribution in [-0.2, 0) is 11.3 Å². The number of hydrogen-bond donors (Lipinski definition) is 2. The van der Waals surface area contributed by atoms with E-state index < -0.39 is 0 Å². The van der Waals surface area contributed by atoms with Gasteiger partial charge in [0.15, 0.2) is 5.96 Å². The van der Waals surface area contributed by atoms with Gasteiger partial charge in [0.1, 0.15) is 5.75 Å². The molecule has 1 unspecified atom stereocenters. The van der Waals surface area contributed by atoms with Crippen molar-refractivity contribution < 1.29 is 9.47 Å². The first-order valence-corrected chi connectivity index (χ1v) is 11.2. The van der Waals surface area contributed by atoms with Crippen LogP contribution in [0.1, 0.15) is 37.9 Å². The maximum atomic E-state index is 5.77. The Morgan fingerprint density at radius 2 is 1.71 bits per heavy atom. The Morgan fingerprint density at radius 1 is 1.03 bits per heavy atom. The number of rotatable bonds is 8. The minimum Gasteiger partial charge on any atom is -0.493 e. The molecule has 1 saturated heterocycles. The van der Waals surface area contributed by atoms with E-state index in [1.165, 1.54) is 16.8 Å². The van der Waals surface area contributed by atoms with E-state index in [0.717, 1.165) is 51.2 Å². The van der Waals surface area contributed by atoms with E-state index in [1.807, 2.05) is 12.1 Å². The minimum atomic E-state index is 0.133. The Hall–Kier alpha value is -2.73. The number of morpholine rings is 1. The van der Waals surface area contributed by atoms with Crippen LogP contribution in [0.3, 0.4) is 0 Å². The van der Waals surface area contributed by atoms with Gasteiger partial charge in [0.2, 0.25) is 0 Å². The Morgan fingerprint density at radius 3 is 2.32 bits per heavy atom. The lowest BCUT2D eigenvalue weighted by Gasteiger charge is -2.29. The topological polar surface area (TPSA) is 58.1 Å². The molecule has 6 nitrogen and oxygen atoms in total. The highest BCUT2D eigenvalue weighted by atomic mass is 16.5. The zero-order valence-electron chi connectivity index (χ0n) is 19.2. The third-order valence-corrected chi connectivity index (χ3v) is 5.31. The summed E-state index contributed by atoms with van der Waals surface area (Å²) in [5, 5.41) is 6.87. The van der Waals surface area contributed by atoms with E-state index in [0.29, 0.717) is 5.92 Å². The molecule has 0 amide bonds. The van der Waals surface area contributed by atoms with Crippen LogP contribution in [0.15, 0.2) is 53.5 Å². The molecule has 2 aromatic rings. The first kappa shape index (κ1) is 22.9. The summed E-state index contributed by atoms with van der Waals surface area (Å²) in [5.41, 5.74) is 3.66. The van der Waals surface area contributed by atoms with E-state index in [9.17, 15) is 0 Å². The SMILES string of the molecule is CN=C(NCc1ccc(N2CCOCC2)cc1)NC(C)c1ccc(OCC(C)C)cc1. The summed E-state index contributed by atoms with van der Waals surface area (Å²) in [5.74, 6) is 2.21. The maximum absolute atomic E-state index is 5.77. The number of nitrogens with zero attached hydrogens (tertiary/aromatic N) is 2. The van der Waals surface area contributed by atoms with Crippen LogP contribution in [0.5, 0.6) is 5.75 Å². The molecule has 31 heavy (non-hydrogen) atoms. The second-order valence-electron chi connectivity index (χ2n) is 8.33. The van der Waals surface area contributed by atoms with Crippen LogP contribution < -0.4 is 20.3 Å². The molecule has 2 N–H and O–H groups in total. The monoisotopic (exact) mass is 424 g/mol.